The molecule has 2 amide bonds. The lowest BCUT2D eigenvalue weighted by Crippen LogP contribution is -3.12. The summed E-state index contributed by atoms with van der Waals surface area (Å²) < 4.78 is 26.6. The van der Waals surface area contributed by atoms with E-state index >= 15 is 0 Å². The molecular formula is C31H37ClN4O6S. The van der Waals surface area contributed by atoms with Crippen molar-refractivity contribution in [1.29, 1.82) is 0 Å². The number of carbonyl (C=O) groups is 3. The molecule has 0 bridgehead atoms. The lowest BCUT2D eigenvalue weighted by molar-refractivity contribution is -0.895. The zero-order valence-corrected chi connectivity index (χ0v) is 26.2. The van der Waals surface area contributed by atoms with Gasteiger partial charge in [-0.05, 0) is 68.7 Å². The first-order valence-corrected chi connectivity index (χ1v) is 15.6. The maximum atomic E-state index is 13.3. The topological polar surface area (TPSA) is 150 Å². The number of benzene rings is 2. The number of aryl methyl sites for hydroxylation is 1. The number of carboxylic acid groups (broad SMARTS) is 1. The number of carboxylic acids is 1. The van der Waals surface area contributed by atoms with Crippen LogP contribution in [0.5, 0.6) is 0 Å². The quantitative estimate of drug-likeness (QED) is 0.169. The highest BCUT2D eigenvalue weighted by molar-refractivity contribution is 7.90. The number of sulfone groups is 1. The van der Waals surface area contributed by atoms with Gasteiger partial charge in [0, 0.05) is 22.6 Å². The molecule has 1 aliphatic rings. The first-order valence-electron chi connectivity index (χ1n) is 13.9. The highest BCUT2D eigenvalue weighted by Gasteiger charge is 2.28. The average molecular weight is 629 g/mol. The number of nitrogens with one attached hydrogen (secondary N) is 4. The van der Waals surface area contributed by atoms with E-state index in [0.29, 0.717) is 57.0 Å². The molecule has 0 spiro atoms. The normalized spacial score (nSPS) is 13.5. The van der Waals surface area contributed by atoms with Gasteiger partial charge >= 0.3 is 5.97 Å². The molecule has 4 rings (SSSR count). The van der Waals surface area contributed by atoms with Gasteiger partial charge in [-0.25, -0.2) is 8.42 Å². The van der Waals surface area contributed by atoms with Crippen LogP contribution in [0.1, 0.15) is 57.8 Å². The first-order chi connectivity index (χ1) is 19.9. The Hall–Kier alpha value is -3.93. The molecule has 0 atom stereocenters. The number of quaternary nitrogens is 1. The number of likely N-dealkylation sites (N-methyl/N-ethyl adjacent to an activating group) is 1. The van der Waals surface area contributed by atoms with E-state index in [-0.39, 0.29) is 41.3 Å². The molecule has 230 valence electrons. The number of H-pyrrole nitrogens is 1. The number of anilines is 1. The molecule has 0 fully saturated rings. The number of aromatic amines is 1. The molecule has 2 aromatic carbocycles. The Morgan fingerprint density at radius 2 is 1.67 bits per heavy atom. The predicted octanol–water partition coefficient (Wildman–Crippen LogP) is -0.616. The van der Waals surface area contributed by atoms with Gasteiger partial charge in [-0.3, -0.25) is 14.4 Å². The molecule has 0 radical (unpaired) electrons. The number of carbonyl (C=O) groups excluding carboxylic acids is 2. The molecule has 0 saturated heterocycles. The number of hydrogen-bond donors (Lipinski definition) is 5. The van der Waals surface area contributed by atoms with Crippen LogP contribution in [0.15, 0.2) is 47.4 Å². The Morgan fingerprint density at radius 3 is 2.30 bits per heavy atom. The molecule has 5 N–H and O–H groups in total. The number of hydrogen-bond acceptors (Lipinski definition) is 5. The van der Waals surface area contributed by atoms with Crippen LogP contribution in [0.3, 0.4) is 0 Å². The maximum Gasteiger partial charge on any atom is 0.307 e. The predicted molar refractivity (Wildman–Crippen MR) is 161 cm³/mol. The van der Waals surface area contributed by atoms with Gasteiger partial charge in [0.25, 0.3) is 11.8 Å². The Kier molecular flexibility index (Phi) is 11.0. The van der Waals surface area contributed by atoms with Gasteiger partial charge in [-0.1, -0.05) is 24.3 Å². The summed E-state index contributed by atoms with van der Waals surface area (Å²) in [6, 6.07) is 10.9. The molecule has 2 heterocycles. The van der Waals surface area contributed by atoms with Crippen LogP contribution in [-0.4, -0.2) is 62.5 Å². The van der Waals surface area contributed by atoms with Crippen molar-refractivity contribution in [2.45, 2.75) is 44.8 Å². The van der Waals surface area contributed by atoms with Crippen molar-refractivity contribution < 1.29 is 45.2 Å². The summed E-state index contributed by atoms with van der Waals surface area (Å²) in [6.45, 7) is 11.2. The van der Waals surface area contributed by atoms with E-state index < -0.39 is 15.8 Å². The summed E-state index contributed by atoms with van der Waals surface area (Å²) in [7, 11) is -3.77. The van der Waals surface area contributed by atoms with Gasteiger partial charge < -0.3 is 38.0 Å². The van der Waals surface area contributed by atoms with E-state index in [1.54, 1.807) is 43.3 Å². The van der Waals surface area contributed by atoms with Crippen molar-refractivity contribution in [2.24, 2.45) is 0 Å². The highest BCUT2D eigenvalue weighted by atomic mass is 35.5. The number of halogens is 1. The Balaban J connectivity index is 0.00000506. The number of aliphatic carboxylic acids is 1. The van der Waals surface area contributed by atoms with Gasteiger partial charge in [0.2, 0.25) is 0 Å². The van der Waals surface area contributed by atoms with Gasteiger partial charge in [-0.2, -0.15) is 0 Å². The van der Waals surface area contributed by atoms with Crippen LogP contribution in [0.25, 0.3) is 11.6 Å². The molecule has 1 aromatic heterocycles. The van der Waals surface area contributed by atoms with Crippen molar-refractivity contribution >= 4 is 45.0 Å². The van der Waals surface area contributed by atoms with Gasteiger partial charge in [0.05, 0.1) is 54.4 Å². The fourth-order valence-corrected chi connectivity index (χ4v) is 6.55. The molecular weight excluding hydrogens is 592 g/mol. The minimum atomic E-state index is -3.77. The van der Waals surface area contributed by atoms with Crippen molar-refractivity contribution in [3.05, 3.63) is 81.7 Å². The monoisotopic (exact) mass is 628 g/mol. The van der Waals surface area contributed by atoms with E-state index in [4.69, 9.17) is 5.11 Å². The fraction of sp³-hybridized carbons (Fsp3) is 0.323. The van der Waals surface area contributed by atoms with E-state index in [0.717, 1.165) is 19.6 Å². The number of fused-ring (bicyclic) bond motifs is 1. The average Bonchev–Trinajstić information content (AvgIpc) is 3.40. The summed E-state index contributed by atoms with van der Waals surface area (Å²) in [5.41, 5.74) is 4.86. The van der Waals surface area contributed by atoms with Crippen molar-refractivity contribution in [2.75, 3.05) is 31.5 Å². The standard InChI is InChI=1S/C31H36N4O6S.ClH/c1-5-35(6-2)14-13-32-31(39)29-19(3)27(33-20(29)4)17-25-24-16-23(11-12-26(24)34-30(25)38)42(40,41)18-22-9-7-21(8-10-22)15-28(36)37;/h7-12,16-17,33H,5-6,13-15,18H2,1-4H3,(H,32,39)(H,34,38)(H,36,37);1H/b25-17-;. The van der Waals surface area contributed by atoms with Crippen molar-refractivity contribution in [1.82, 2.24) is 10.3 Å². The molecule has 0 aliphatic carbocycles. The maximum absolute atomic E-state index is 13.3. The first kappa shape index (κ1) is 33.6. The minimum Gasteiger partial charge on any atom is -1.00 e. The molecule has 10 nitrogen and oxygen atoms in total. The minimum absolute atomic E-state index is 0. The van der Waals surface area contributed by atoms with Gasteiger partial charge in [0.1, 0.15) is 0 Å². The van der Waals surface area contributed by atoms with E-state index in [1.165, 1.54) is 17.0 Å². The van der Waals surface area contributed by atoms with E-state index in [9.17, 15) is 22.8 Å². The SMILES string of the molecule is CC[NH+](CC)CCNC(=O)c1c(C)[nH]c(/C=C2\C(=O)Nc3ccc(S(=O)(=O)Cc4ccc(CC(=O)O)cc4)cc32)c1C.[Cl-]. The summed E-state index contributed by atoms with van der Waals surface area (Å²) in [6.07, 6.45) is 1.51. The van der Waals surface area contributed by atoms with E-state index in [1.807, 2.05) is 6.92 Å². The molecule has 12 heteroatoms. The lowest BCUT2D eigenvalue weighted by Gasteiger charge is -2.15. The second kappa shape index (κ2) is 14.0. The van der Waals surface area contributed by atoms with Crippen LogP contribution in [-0.2, 0) is 31.6 Å². The van der Waals surface area contributed by atoms with Crippen molar-refractivity contribution in [3.8, 4) is 0 Å². The summed E-state index contributed by atoms with van der Waals surface area (Å²) in [4.78, 5) is 41.5. The molecule has 0 saturated carbocycles. The van der Waals surface area contributed by atoms with Gasteiger partial charge in [0.15, 0.2) is 9.84 Å². The summed E-state index contributed by atoms with van der Waals surface area (Å²) in [5, 5.41) is 14.7. The molecule has 43 heavy (non-hydrogen) atoms. The zero-order valence-electron chi connectivity index (χ0n) is 24.6. The van der Waals surface area contributed by atoms with Crippen LogP contribution in [0, 0.1) is 13.8 Å². The van der Waals surface area contributed by atoms with Crippen LogP contribution < -0.4 is 27.9 Å². The third-order valence-electron chi connectivity index (χ3n) is 7.62. The molecule has 1 aliphatic heterocycles. The second-order valence-corrected chi connectivity index (χ2v) is 12.5. The largest absolute Gasteiger partial charge is 1.00 e. The number of rotatable bonds is 12. The fourth-order valence-electron chi connectivity index (χ4n) is 5.18. The summed E-state index contributed by atoms with van der Waals surface area (Å²) in [5.74, 6) is -1.79. The lowest BCUT2D eigenvalue weighted by atomic mass is 10.0. The Labute approximate surface area is 257 Å². The number of amides is 2. The smallest absolute Gasteiger partial charge is 0.307 e. The zero-order chi connectivity index (χ0) is 30.6. The van der Waals surface area contributed by atoms with E-state index in [2.05, 4.69) is 29.5 Å². The molecule has 0 unspecified atom stereocenters. The third kappa shape index (κ3) is 7.73. The Bertz CT molecular complexity index is 1660. The van der Waals surface area contributed by atoms with Crippen molar-refractivity contribution in [3.63, 3.8) is 0 Å². The second-order valence-electron chi connectivity index (χ2n) is 10.5. The molecule has 3 aromatic rings. The summed E-state index contributed by atoms with van der Waals surface area (Å²) >= 11 is 0. The van der Waals surface area contributed by atoms with Crippen LogP contribution >= 0.6 is 0 Å². The van der Waals surface area contributed by atoms with Crippen LogP contribution in [0.4, 0.5) is 5.69 Å². The number of aromatic nitrogens is 1. The Morgan fingerprint density at radius 1 is 1.02 bits per heavy atom. The van der Waals surface area contributed by atoms with Crippen LogP contribution in [0.2, 0.25) is 0 Å². The highest BCUT2D eigenvalue weighted by Crippen LogP contribution is 2.36. The third-order valence-corrected chi connectivity index (χ3v) is 9.31. The van der Waals surface area contributed by atoms with Gasteiger partial charge in [-0.15, -0.1) is 0 Å².